The number of benzene rings is 2. The zero-order chi connectivity index (χ0) is 25.7. The highest BCUT2D eigenvalue weighted by atomic mass is 16.5. The molecule has 0 aliphatic carbocycles. The lowest BCUT2D eigenvalue weighted by molar-refractivity contribution is -0.167. The largest absolute Gasteiger partial charge is 0.493 e. The van der Waals surface area contributed by atoms with E-state index < -0.39 is 5.54 Å². The predicted molar refractivity (Wildman–Crippen MR) is 139 cm³/mol. The number of amides is 2. The number of para-hydroxylation sites is 2. The van der Waals surface area contributed by atoms with E-state index in [2.05, 4.69) is 11.1 Å². The van der Waals surface area contributed by atoms with Gasteiger partial charge < -0.3 is 29.0 Å². The zero-order valence-electron chi connectivity index (χ0n) is 21.6. The second kappa shape index (κ2) is 9.10. The van der Waals surface area contributed by atoms with E-state index in [4.69, 9.17) is 14.2 Å². The van der Waals surface area contributed by atoms with Crippen LogP contribution in [0, 0.1) is 0 Å². The molecule has 3 atom stereocenters. The topological polar surface area (TPSA) is 84.1 Å². The van der Waals surface area contributed by atoms with Crippen molar-refractivity contribution in [3.63, 3.8) is 0 Å². The molecular formula is C29H33N3O5. The molecule has 3 aliphatic heterocycles. The molecule has 2 aromatic carbocycles. The number of rotatable bonds is 6. The summed E-state index contributed by atoms with van der Waals surface area (Å²) in [5, 5.41) is 1.05. The number of ether oxygens (including phenoxy) is 3. The van der Waals surface area contributed by atoms with Crippen molar-refractivity contribution in [2.75, 3.05) is 40.0 Å². The van der Waals surface area contributed by atoms with Crippen LogP contribution in [0.5, 0.6) is 11.5 Å². The number of methoxy groups -OCH3 is 1. The van der Waals surface area contributed by atoms with E-state index in [-0.39, 0.29) is 30.4 Å². The van der Waals surface area contributed by atoms with Crippen LogP contribution >= 0.6 is 0 Å². The molecule has 8 nitrogen and oxygen atoms in total. The van der Waals surface area contributed by atoms with Gasteiger partial charge in [0.15, 0.2) is 17.0 Å². The maximum atomic E-state index is 14.2. The van der Waals surface area contributed by atoms with Crippen molar-refractivity contribution < 1.29 is 23.8 Å². The minimum atomic E-state index is -1.14. The molecule has 0 radical (unpaired) electrons. The molecule has 2 unspecified atom stereocenters. The number of piperazine rings is 1. The first-order chi connectivity index (χ1) is 18.0. The second-order valence-corrected chi connectivity index (χ2v) is 10.2. The second-order valence-electron chi connectivity index (χ2n) is 10.2. The number of hydrogen-bond donors (Lipinski definition) is 1. The van der Waals surface area contributed by atoms with Gasteiger partial charge in [0, 0.05) is 42.1 Å². The molecule has 8 heteroatoms. The molecule has 194 valence electrons. The van der Waals surface area contributed by atoms with Gasteiger partial charge in [0.2, 0.25) is 5.91 Å². The third-order valence-electron chi connectivity index (χ3n) is 8.16. The standard InChI is InChI=1S/C29H33N3O5/c1-4-36-26-19(11-7-13-23(26)35-3)21-16-32-24(33)17-31(15-18-9-8-14-37-18)28(34)29(32,2)27-25(21)20-10-5-6-12-22(20)30-27/h5-7,10-13,18,21,30H,4,8-9,14-17H2,1-3H3/t18?,21?,29-/m0/s1. The Bertz CT molecular complexity index is 1360. The predicted octanol–water partition coefficient (Wildman–Crippen LogP) is 3.79. The van der Waals surface area contributed by atoms with Gasteiger partial charge in [-0.1, -0.05) is 30.3 Å². The van der Waals surface area contributed by atoms with E-state index in [9.17, 15) is 9.59 Å². The molecule has 3 aromatic rings. The van der Waals surface area contributed by atoms with Crippen LogP contribution in [0.25, 0.3) is 10.9 Å². The average molecular weight is 504 g/mol. The summed E-state index contributed by atoms with van der Waals surface area (Å²) in [4.78, 5) is 34.9. The van der Waals surface area contributed by atoms with Crippen LogP contribution in [-0.2, 0) is 19.9 Å². The number of carbonyl (C=O) groups excluding carboxylic acids is 2. The van der Waals surface area contributed by atoms with Crippen LogP contribution in [-0.4, -0.2) is 72.7 Å². The first-order valence-corrected chi connectivity index (χ1v) is 13.1. The summed E-state index contributed by atoms with van der Waals surface area (Å²) in [5.74, 6) is 1.00. The van der Waals surface area contributed by atoms with Gasteiger partial charge in [0.1, 0.15) is 0 Å². The van der Waals surface area contributed by atoms with Crippen molar-refractivity contribution in [2.45, 2.75) is 44.2 Å². The molecular weight excluding hydrogens is 470 g/mol. The highest BCUT2D eigenvalue weighted by molar-refractivity contribution is 6.01. The van der Waals surface area contributed by atoms with Crippen LogP contribution in [0.15, 0.2) is 42.5 Å². The van der Waals surface area contributed by atoms with E-state index in [1.807, 2.05) is 50.2 Å². The molecule has 2 amide bonds. The third kappa shape index (κ3) is 3.61. The maximum absolute atomic E-state index is 14.2. The fourth-order valence-corrected chi connectivity index (χ4v) is 6.41. The maximum Gasteiger partial charge on any atom is 0.255 e. The smallest absolute Gasteiger partial charge is 0.255 e. The van der Waals surface area contributed by atoms with Gasteiger partial charge in [-0.3, -0.25) is 9.59 Å². The van der Waals surface area contributed by atoms with Crippen molar-refractivity contribution >= 4 is 22.7 Å². The summed E-state index contributed by atoms with van der Waals surface area (Å²) < 4.78 is 17.5. The quantitative estimate of drug-likeness (QED) is 0.554. The molecule has 2 fully saturated rings. The van der Waals surface area contributed by atoms with Crippen molar-refractivity contribution in [3.05, 3.63) is 59.3 Å². The van der Waals surface area contributed by atoms with E-state index >= 15 is 0 Å². The minimum absolute atomic E-state index is 0.0176. The summed E-state index contributed by atoms with van der Waals surface area (Å²) in [6.07, 6.45) is 1.88. The Hall–Kier alpha value is -3.52. The van der Waals surface area contributed by atoms with Crippen molar-refractivity contribution in [2.24, 2.45) is 0 Å². The van der Waals surface area contributed by atoms with E-state index in [0.29, 0.717) is 37.8 Å². The van der Waals surface area contributed by atoms with Crippen LogP contribution in [0.2, 0.25) is 0 Å². The molecule has 2 saturated heterocycles. The Morgan fingerprint density at radius 2 is 2.00 bits per heavy atom. The lowest BCUT2D eigenvalue weighted by atomic mass is 9.76. The van der Waals surface area contributed by atoms with Gasteiger partial charge in [-0.2, -0.15) is 0 Å². The van der Waals surface area contributed by atoms with Crippen LogP contribution in [0.4, 0.5) is 0 Å². The normalized spacial score (nSPS) is 25.4. The van der Waals surface area contributed by atoms with E-state index in [1.165, 1.54) is 0 Å². The first kappa shape index (κ1) is 23.9. The Kier molecular flexibility index (Phi) is 5.87. The first-order valence-electron chi connectivity index (χ1n) is 13.1. The summed E-state index contributed by atoms with van der Waals surface area (Å²) in [6, 6.07) is 14.0. The number of H-pyrrole nitrogens is 1. The number of hydrogen-bond acceptors (Lipinski definition) is 5. The van der Waals surface area contributed by atoms with Crippen LogP contribution < -0.4 is 9.47 Å². The van der Waals surface area contributed by atoms with Crippen molar-refractivity contribution in [1.82, 2.24) is 14.8 Å². The number of aromatic amines is 1. The number of nitrogens with one attached hydrogen (secondary N) is 1. The molecule has 4 heterocycles. The number of fused-ring (bicyclic) bond motifs is 5. The fraction of sp³-hybridized carbons (Fsp3) is 0.448. The lowest BCUT2D eigenvalue weighted by Gasteiger charge is -2.51. The zero-order valence-corrected chi connectivity index (χ0v) is 21.6. The minimum Gasteiger partial charge on any atom is -0.493 e. The van der Waals surface area contributed by atoms with E-state index in [1.54, 1.807) is 16.9 Å². The monoisotopic (exact) mass is 503 g/mol. The number of nitrogens with zero attached hydrogens (tertiary/aromatic N) is 2. The summed E-state index contributed by atoms with van der Waals surface area (Å²) in [7, 11) is 1.63. The van der Waals surface area contributed by atoms with Gasteiger partial charge in [-0.05, 0) is 44.4 Å². The number of carbonyl (C=O) groups is 2. The molecule has 6 rings (SSSR count). The van der Waals surface area contributed by atoms with Gasteiger partial charge in [-0.15, -0.1) is 0 Å². The molecule has 3 aliphatic rings. The highest BCUT2D eigenvalue weighted by Gasteiger charge is 2.56. The average Bonchev–Trinajstić information content (AvgIpc) is 3.56. The van der Waals surface area contributed by atoms with Crippen molar-refractivity contribution in [3.8, 4) is 11.5 Å². The summed E-state index contributed by atoms with van der Waals surface area (Å²) >= 11 is 0. The molecule has 0 bridgehead atoms. The molecule has 0 spiro atoms. The summed E-state index contributed by atoms with van der Waals surface area (Å²) in [5.41, 5.74) is 2.55. The van der Waals surface area contributed by atoms with E-state index in [0.717, 1.165) is 40.6 Å². The Balaban J connectivity index is 1.53. The van der Waals surface area contributed by atoms with Gasteiger partial charge in [0.05, 0.1) is 32.1 Å². The SMILES string of the molecule is CCOc1c(OC)cccc1C1CN2C(=O)CN(CC3CCCO3)C(=O)[C@]2(C)c2[nH]c3ccccc3c21. The Morgan fingerprint density at radius 3 is 2.76 bits per heavy atom. The third-order valence-corrected chi connectivity index (χ3v) is 8.16. The molecule has 37 heavy (non-hydrogen) atoms. The van der Waals surface area contributed by atoms with Gasteiger partial charge in [0.25, 0.3) is 5.91 Å². The lowest BCUT2D eigenvalue weighted by Crippen LogP contribution is -2.68. The Morgan fingerprint density at radius 1 is 1.16 bits per heavy atom. The molecule has 0 saturated carbocycles. The van der Waals surface area contributed by atoms with Gasteiger partial charge >= 0.3 is 0 Å². The fourth-order valence-electron chi connectivity index (χ4n) is 6.41. The molecule has 1 aromatic heterocycles. The van der Waals surface area contributed by atoms with Crippen LogP contribution in [0.1, 0.15) is 49.4 Å². The highest BCUT2D eigenvalue weighted by Crippen LogP contribution is 2.50. The van der Waals surface area contributed by atoms with Crippen LogP contribution in [0.3, 0.4) is 0 Å². The number of aromatic nitrogens is 1. The summed E-state index contributed by atoms with van der Waals surface area (Å²) in [6.45, 7) is 5.90. The molecule has 1 N–H and O–H groups in total. The van der Waals surface area contributed by atoms with Crippen molar-refractivity contribution in [1.29, 1.82) is 0 Å². The van der Waals surface area contributed by atoms with Gasteiger partial charge in [-0.25, -0.2) is 0 Å². The Labute approximate surface area is 216 Å².